The van der Waals surface area contributed by atoms with Crippen molar-refractivity contribution < 1.29 is 19.7 Å². The van der Waals surface area contributed by atoms with Gasteiger partial charge in [-0.25, -0.2) is 4.79 Å². The van der Waals surface area contributed by atoms with Gasteiger partial charge in [0.05, 0.1) is 6.61 Å². The van der Waals surface area contributed by atoms with Crippen LogP contribution in [0.5, 0.6) is 11.5 Å². The maximum atomic E-state index is 12.0. The molecule has 0 aliphatic carbocycles. The van der Waals surface area contributed by atoms with Gasteiger partial charge in [-0.1, -0.05) is 19.6 Å². The molecule has 0 bridgehead atoms. The summed E-state index contributed by atoms with van der Waals surface area (Å²) in [6, 6.07) is 2.06. The van der Waals surface area contributed by atoms with E-state index in [0.29, 0.717) is 17.7 Å². The van der Waals surface area contributed by atoms with Gasteiger partial charge in [-0.3, -0.25) is 0 Å². The van der Waals surface area contributed by atoms with Gasteiger partial charge in [-0.2, -0.15) is 0 Å². The van der Waals surface area contributed by atoms with E-state index in [1.807, 2.05) is 0 Å². The molecule has 4 nitrogen and oxygen atoms in total. The zero-order valence-electron chi connectivity index (χ0n) is 12.2. The number of rotatable bonds is 4. The number of hydrogen-bond acceptors (Lipinski definition) is 4. The van der Waals surface area contributed by atoms with Crippen LogP contribution in [0.1, 0.15) is 21.5 Å². The average Bonchev–Trinajstić information content (AvgIpc) is 2.24. The van der Waals surface area contributed by atoms with Crippen LogP contribution >= 0.6 is 0 Å². The molecule has 0 spiro atoms. The summed E-state index contributed by atoms with van der Waals surface area (Å²) in [6.45, 7) is 10.4. The standard InChI is InChI=1S/C14H22O4Si/c1-9-10(2)13(12(16)8-11(9)15)14(17)18-6-7-19(3,4)5/h8,15-16H,6-7H2,1-5H3. The Bertz CT molecular complexity index is 489. The molecule has 1 aromatic carbocycles. The highest BCUT2D eigenvalue weighted by Crippen LogP contribution is 2.31. The summed E-state index contributed by atoms with van der Waals surface area (Å²) in [6.07, 6.45) is 0. The van der Waals surface area contributed by atoms with Crippen molar-refractivity contribution in [3.05, 3.63) is 22.8 Å². The molecule has 0 radical (unpaired) electrons. The molecule has 0 aliphatic heterocycles. The summed E-state index contributed by atoms with van der Waals surface area (Å²) < 4.78 is 5.21. The minimum atomic E-state index is -1.25. The second-order valence-electron chi connectivity index (χ2n) is 5.99. The Morgan fingerprint density at radius 2 is 1.74 bits per heavy atom. The van der Waals surface area contributed by atoms with Crippen LogP contribution in [-0.2, 0) is 4.74 Å². The fourth-order valence-electron chi connectivity index (χ4n) is 1.66. The van der Waals surface area contributed by atoms with Crippen molar-refractivity contribution in [1.82, 2.24) is 0 Å². The van der Waals surface area contributed by atoms with Gasteiger partial charge in [0, 0.05) is 14.1 Å². The molecule has 0 aromatic heterocycles. The van der Waals surface area contributed by atoms with Crippen LogP contribution < -0.4 is 0 Å². The Morgan fingerprint density at radius 1 is 1.16 bits per heavy atom. The number of phenols is 2. The highest BCUT2D eigenvalue weighted by molar-refractivity contribution is 6.76. The maximum absolute atomic E-state index is 12.0. The van der Waals surface area contributed by atoms with E-state index in [9.17, 15) is 15.0 Å². The molecule has 19 heavy (non-hydrogen) atoms. The number of benzene rings is 1. The lowest BCUT2D eigenvalue weighted by Gasteiger charge is -2.16. The van der Waals surface area contributed by atoms with E-state index in [0.717, 1.165) is 6.04 Å². The van der Waals surface area contributed by atoms with Crippen molar-refractivity contribution in [3.8, 4) is 11.5 Å². The molecule has 2 N–H and O–H groups in total. The van der Waals surface area contributed by atoms with E-state index < -0.39 is 14.0 Å². The molecule has 0 atom stereocenters. The monoisotopic (exact) mass is 282 g/mol. The number of carbonyl (C=O) groups is 1. The second-order valence-corrected chi connectivity index (χ2v) is 11.6. The molecule has 0 unspecified atom stereocenters. The van der Waals surface area contributed by atoms with Gasteiger partial charge in [0.15, 0.2) is 0 Å². The Kier molecular flexibility index (Phi) is 4.63. The minimum absolute atomic E-state index is 0.0198. The first-order valence-corrected chi connectivity index (χ1v) is 10.0. The maximum Gasteiger partial charge on any atom is 0.342 e. The first-order valence-electron chi connectivity index (χ1n) is 6.33. The molecule has 0 saturated carbocycles. The van der Waals surface area contributed by atoms with E-state index in [1.54, 1.807) is 13.8 Å². The van der Waals surface area contributed by atoms with Crippen molar-refractivity contribution in [3.63, 3.8) is 0 Å². The molecule has 0 aliphatic rings. The number of aromatic hydroxyl groups is 2. The summed E-state index contributed by atoms with van der Waals surface area (Å²) in [7, 11) is -1.25. The van der Waals surface area contributed by atoms with Gasteiger partial charge in [-0.05, 0) is 31.0 Å². The molecule has 0 amide bonds. The molecular weight excluding hydrogens is 260 g/mol. The van der Waals surface area contributed by atoms with Crippen LogP contribution in [0.25, 0.3) is 0 Å². The number of hydrogen-bond donors (Lipinski definition) is 2. The Morgan fingerprint density at radius 3 is 2.26 bits per heavy atom. The minimum Gasteiger partial charge on any atom is -0.508 e. The van der Waals surface area contributed by atoms with Crippen molar-refractivity contribution in [2.24, 2.45) is 0 Å². The van der Waals surface area contributed by atoms with E-state index in [4.69, 9.17) is 4.74 Å². The third kappa shape index (κ3) is 3.99. The fraction of sp³-hybridized carbons (Fsp3) is 0.500. The second kappa shape index (κ2) is 5.65. The van der Waals surface area contributed by atoms with Gasteiger partial charge in [0.2, 0.25) is 0 Å². The van der Waals surface area contributed by atoms with Gasteiger partial charge in [0.25, 0.3) is 0 Å². The zero-order chi connectivity index (χ0) is 14.8. The molecule has 106 valence electrons. The highest BCUT2D eigenvalue weighted by atomic mass is 28.3. The Labute approximate surface area is 115 Å². The summed E-state index contributed by atoms with van der Waals surface area (Å²) in [5.74, 6) is -0.788. The van der Waals surface area contributed by atoms with Crippen LogP contribution in [0.15, 0.2) is 6.07 Å². The number of esters is 1. The fourth-order valence-corrected chi connectivity index (χ4v) is 2.38. The predicted molar refractivity (Wildman–Crippen MR) is 77.7 cm³/mol. The first kappa shape index (κ1) is 15.6. The van der Waals surface area contributed by atoms with Crippen LogP contribution in [0.2, 0.25) is 25.7 Å². The molecule has 0 saturated heterocycles. The number of carbonyl (C=O) groups excluding carboxylic acids is 1. The third-order valence-corrected chi connectivity index (χ3v) is 4.84. The number of phenolic OH excluding ortho intramolecular Hbond substituents is 2. The van der Waals surface area contributed by atoms with Gasteiger partial charge >= 0.3 is 5.97 Å². The normalized spacial score (nSPS) is 11.4. The topological polar surface area (TPSA) is 66.8 Å². The summed E-state index contributed by atoms with van der Waals surface area (Å²) in [5, 5.41) is 19.3. The number of ether oxygens (including phenoxy) is 1. The van der Waals surface area contributed by atoms with E-state index >= 15 is 0 Å². The zero-order valence-corrected chi connectivity index (χ0v) is 13.2. The molecule has 0 fully saturated rings. The molecule has 0 heterocycles. The molecule has 1 aromatic rings. The Balaban J connectivity index is 2.86. The van der Waals surface area contributed by atoms with E-state index in [-0.39, 0.29) is 17.1 Å². The SMILES string of the molecule is Cc1c(O)cc(O)c(C(=O)OCC[Si](C)(C)C)c1C. The quantitative estimate of drug-likeness (QED) is 0.657. The van der Waals surface area contributed by atoms with E-state index in [2.05, 4.69) is 19.6 Å². The van der Waals surface area contributed by atoms with Crippen LogP contribution in [0.3, 0.4) is 0 Å². The van der Waals surface area contributed by atoms with Crippen molar-refractivity contribution in [2.75, 3.05) is 6.61 Å². The van der Waals surface area contributed by atoms with Gasteiger partial charge in [0.1, 0.15) is 17.1 Å². The smallest absolute Gasteiger partial charge is 0.342 e. The predicted octanol–water partition coefficient (Wildman–Crippen LogP) is 3.21. The lowest BCUT2D eigenvalue weighted by atomic mass is 10.0. The summed E-state index contributed by atoms with van der Waals surface area (Å²) in [4.78, 5) is 12.0. The van der Waals surface area contributed by atoms with E-state index in [1.165, 1.54) is 6.07 Å². The van der Waals surface area contributed by atoms with Crippen molar-refractivity contribution in [2.45, 2.75) is 39.5 Å². The van der Waals surface area contributed by atoms with Gasteiger partial charge in [-0.15, -0.1) is 0 Å². The first-order chi connectivity index (χ1) is 8.63. The third-order valence-electron chi connectivity index (χ3n) is 3.14. The van der Waals surface area contributed by atoms with Crippen LogP contribution in [0, 0.1) is 13.8 Å². The van der Waals surface area contributed by atoms with Crippen molar-refractivity contribution in [1.29, 1.82) is 0 Å². The molecule has 1 rings (SSSR count). The lowest BCUT2D eigenvalue weighted by molar-refractivity contribution is 0.0521. The summed E-state index contributed by atoms with van der Waals surface area (Å²) in [5.41, 5.74) is 1.27. The Hall–Kier alpha value is -1.49. The largest absolute Gasteiger partial charge is 0.508 e. The lowest BCUT2D eigenvalue weighted by Crippen LogP contribution is -2.23. The van der Waals surface area contributed by atoms with Crippen LogP contribution in [-0.4, -0.2) is 30.9 Å². The van der Waals surface area contributed by atoms with Crippen molar-refractivity contribution >= 4 is 14.0 Å². The van der Waals surface area contributed by atoms with Gasteiger partial charge < -0.3 is 14.9 Å². The highest BCUT2D eigenvalue weighted by Gasteiger charge is 2.21. The van der Waals surface area contributed by atoms with Crippen LogP contribution in [0.4, 0.5) is 0 Å². The summed E-state index contributed by atoms with van der Waals surface area (Å²) >= 11 is 0. The molecule has 5 heteroatoms. The molecular formula is C14H22O4Si. The average molecular weight is 282 g/mol.